The lowest BCUT2D eigenvalue weighted by molar-refractivity contribution is -0.120. The minimum atomic E-state index is -0.711. The molecule has 0 spiro atoms. The molecule has 0 aromatic heterocycles. The molecule has 1 aromatic rings. The van der Waals surface area contributed by atoms with Gasteiger partial charge in [0.15, 0.2) is 5.72 Å². The zero-order valence-electron chi connectivity index (χ0n) is 13.6. The zero-order chi connectivity index (χ0) is 16.1. The van der Waals surface area contributed by atoms with Crippen LogP contribution < -0.4 is 21.1 Å². The number of benzene rings is 1. The van der Waals surface area contributed by atoms with Gasteiger partial charge in [-0.05, 0) is 52.4 Å². The van der Waals surface area contributed by atoms with E-state index in [9.17, 15) is 4.79 Å². The zero-order valence-corrected chi connectivity index (χ0v) is 13.6. The van der Waals surface area contributed by atoms with E-state index in [0.29, 0.717) is 18.7 Å². The lowest BCUT2D eigenvalue weighted by Crippen LogP contribution is -2.47. The maximum absolute atomic E-state index is 11.9. The summed E-state index contributed by atoms with van der Waals surface area (Å²) in [5.41, 5.74) is 5.91. The molecule has 0 fully saturated rings. The van der Waals surface area contributed by atoms with Crippen LogP contribution in [0.2, 0.25) is 0 Å². The first-order chi connectivity index (χ1) is 9.61. The van der Waals surface area contributed by atoms with Crippen molar-refractivity contribution in [1.82, 2.24) is 10.6 Å². The molecular weight excluding hydrogens is 266 g/mol. The second-order valence-electron chi connectivity index (χ2n) is 6.44. The number of ether oxygens (including phenoxy) is 1. The Labute approximate surface area is 127 Å². The number of carbonyl (C=O) groups excluding carboxylic acids is 1. The van der Waals surface area contributed by atoms with E-state index in [1.54, 1.807) is 13.8 Å². The average molecular weight is 293 g/mol. The fourth-order valence-electron chi connectivity index (χ4n) is 1.63. The monoisotopic (exact) mass is 293 g/mol. The smallest absolute Gasteiger partial charge is 0.224 e. The minimum absolute atomic E-state index is 0.00569. The molecule has 0 atom stereocenters. The molecule has 0 aliphatic heterocycles. The van der Waals surface area contributed by atoms with Gasteiger partial charge in [0.2, 0.25) is 5.91 Å². The largest absolute Gasteiger partial charge is 0.474 e. The lowest BCUT2D eigenvalue weighted by atomic mass is 10.1. The van der Waals surface area contributed by atoms with Gasteiger partial charge in [-0.25, -0.2) is 0 Å². The van der Waals surface area contributed by atoms with E-state index in [1.807, 2.05) is 45.2 Å². The van der Waals surface area contributed by atoms with Crippen molar-refractivity contribution in [1.29, 1.82) is 0 Å². The highest BCUT2D eigenvalue weighted by Crippen LogP contribution is 2.16. The minimum Gasteiger partial charge on any atom is -0.474 e. The summed E-state index contributed by atoms with van der Waals surface area (Å²) in [6.45, 7) is 8.24. The fraction of sp³-hybridized carbons (Fsp3) is 0.562. The van der Waals surface area contributed by atoms with Crippen LogP contribution in [0.5, 0.6) is 5.75 Å². The standard InChI is InChI=1S/C16H27N3O2/c1-15(2,18-5)11-19-14(20)10-12-6-8-13(9-7-12)21-16(3,4)17/h6-9,18H,10-11,17H2,1-5H3,(H,19,20). The summed E-state index contributed by atoms with van der Waals surface area (Å²) in [6.07, 6.45) is 0.353. The molecule has 0 aliphatic rings. The summed E-state index contributed by atoms with van der Waals surface area (Å²) in [5.74, 6) is 0.703. The van der Waals surface area contributed by atoms with Gasteiger partial charge in [0.1, 0.15) is 5.75 Å². The Balaban J connectivity index is 2.50. The average Bonchev–Trinajstić information content (AvgIpc) is 2.37. The first-order valence-corrected chi connectivity index (χ1v) is 7.14. The Morgan fingerprint density at radius 1 is 1.19 bits per heavy atom. The van der Waals surface area contributed by atoms with Crippen molar-refractivity contribution in [3.8, 4) is 5.75 Å². The Hall–Kier alpha value is -1.59. The molecule has 1 rings (SSSR count). The van der Waals surface area contributed by atoms with Crippen LogP contribution in [-0.4, -0.2) is 30.8 Å². The summed E-state index contributed by atoms with van der Waals surface area (Å²) < 4.78 is 5.54. The van der Waals surface area contributed by atoms with Crippen LogP contribution in [0.1, 0.15) is 33.3 Å². The molecule has 0 saturated carbocycles. The molecule has 5 heteroatoms. The molecule has 0 saturated heterocycles. The third kappa shape index (κ3) is 7.11. The first kappa shape index (κ1) is 17.5. The molecule has 21 heavy (non-hydrogen) atoms. The SMILES string of the molecule is CNC(C)(C)CNC(=O)Cc1ccc(OC(C)(C)N)cc1. The van der Waals surface area contributed by atoms with Crippen molar-refractivity contribution in [2.45, 2.75) is 45.4 Å². The quantitative estimate of drug-likeness (QED) is 0.665. The predicted octanol–water partition coefficient (Wildman–Crippen LogP) is 1.42. The van der Waals surface area contributed by atoms with Crippen molar-refractivity contribution in [3.63, 3.8) is 0 Å². The van der Waals surface area contributed by atoms with Gasteiger partial charge in [0, 0.05) is 12.1 Å². The van der Waals surface area contributed by atoms with Gasteiger partial charge < -0.3 is 15.4 Å². The van der Waals surface area contributed by atoms with Gasteiger partial charge >= 0.3 is 0 Å². The summed E-state index contributed by atoms with van der Waals surface area (Å²) in [7, 11) is 1.88. The summed E-state index contributed by atoms with van der Waals surface area (Å²) in [6, 6.07) is 7.41. The number of hydrogen-bond donors (Lipinski definition) is 3. The topological polar surface area (TPSA) is 76.4 Å². The third-order valence-corrected chi connectivity index (χ3v) is 3.07. The van der Waals surface area contributed by atoms with Crippen molar-refractivity contribution in [3.05, 3.63) is 29.8 Å². The molecule has 4 N–H and O–H groups in total. The van der Waals surface area contributed by atoms with Gasteiger partial charge in [-0.15, -0.1) is 0 Å². The highest BCUT2D eigenvalue weighted by atomic mass is 16.5. The lowest BCUT2D eigenvalue weighted by Gasteiger charge is -2.24. The van der Waals surface area contributed by atoms with Crippen LogP contribution >= 0.6 is 0 Å². The number of likely N-dealkylation sites (N-methyl/N-ethyl adjacent to an activating group) is 1. The van der Waals surface area contributed by atoms with E-state index in [2.05, 4.69) is 10.6 Å². The summed E-state index contributed by atoms with van der Waals surface area (Å²) in [5, 5.41) is 6.07. The van der Waals surface area contributed by atoms with E-state index in [0.717, 1.165) is 5.56 Å². The van der Waals surface area contributed by atoms with E-state index in [4.69, 9.17) is 10.5 Å². The Kier molecular flexibility index (Phi) is 5.75. The van der Waals surface area contributed by atoms with Gasteiger partial charge in [-0.3, -0.25) is 10.5 Å². The van der Waals surface area contributed by atoms with Crippen molar-refractivity contribution in [2.75, 3.05) is 13.6 Å². The molecule has 1 amide bonds. The van der Waals surface area contributed by atoms with Crippen molar-refractivity contribution >= 4 is 5.91 Å². The maximum atomic E-state index is 11.9. The maximum Gasteiger partial charge on any atom is 0.224 e. The third-order valence-electron chi connectivity index (χ3n) is 3.07. The van der Waals surface area contributed by atoms with E-state index in [-0.39, 0.29) is 11.4 Å². The number of rotatable bonds is 7. The molecule has 0 unspecified atom stereocenters. The molecule has 0 bridgehead atoms. The number of carbonyl (C=O) groups is 1. The van der Waals surface area contributed by atoms with Crippen LogP contribution in [0.3, 0.4) is 0 Å². The van der Waals surface area contributed by atoms with Gasteiger partial charge in [-0.2, -0.15) is 0 Å². The molecule has 1 aromatic carbocycles. The van der Waals surface area contributed by atoms with E-state index >= 15 is 0 Å². The van der Waals surface area contributed by atoms with Crippen LogP contribution in [0.4, 0.5) is 0 Å². The van der Waals surface area contributed by atoms with Gasteiger partial charge in [0.05, 0.1) is 6.42 Å². The molecule has 0 heterocycles. The van der Waals surface area contributed by atoms with Crippen molar-refractivity contribution < 1.29 is 9.53 Å². The number of hydrogen-bond acceptors (Lipinski definition) is 4. The molecule has 5 nitrogen and oxygen atoms in total. The second kappa shape index (κ2) is 6.91. The Bertz CT molecular complexity index is 461. The van der Waals surface area contributed by atoms with Gasteiger partial charge in [0.25, 0.3) is 0 Å². The molecule has 0 radical (unpaired) electrons. The van der Waals surface area contributed by atoms with Crippen LogP contribution in [0, 0.1) is 0 Å². The van der Waals surface area contributed by atoms with Crippen LogP contribution in [-0.2, 0) is 11.2 Å². The van der Waals surface area contributed by atoms with Crippen LogP contribution in [0.25, 0.3) is 0 Å². The molecular formula is C16H27N3O2. The number of nitrogens with one attached hydrogen (secondary N) is 2. The highest BCUT2D eigenvalue weighted by molar-refractivity contribution is 5.78. The molecule has 118 valence electrons. The summed E-state index contributed by atoms with van der Waals surface area (Å²) >= 11 is 0. The van der Waals surface area contributed by atoms with Crippen LogP contribution in [0.15, 0.2) is 24.3 Å². The fourth-order valence-corrected chi connectivity index (χ4v) is 1.63. The number of nitrogens with two attached hydrogens (primary N) is 1. The predicted molar refractivity (Wildman–Crippen MR) is 85.2 cm³/mol. The highest BCUT2D eigenvalue weighted by Gasteiger charge is 2.16. The summed E-state index contributed by atoms with van der Waals surface area (Å²) in [4.78, 5) is 11.9. The normalized spacial score (nSPS) is 12.1. The van der Waals surface area contributed by atoms with Crippen molar-refractivity contribution in [2.24, 2.45) is 5.73 Å². The number of amides is 1. The van der Waals surface area contributed by atoms with E-state index < -0.39 is 5.72 Å². The van der Waals surface area contributed by atoms with Gasteiger partial charge in [-0.1, -0.05) is 12.1 Å². The Morgan fingerprint density at radius 3 is 2.24 bits per heavy atom. The second-order valence-corrected chi connectivity index (χ2v) is 6.44. The van der Waals surface area contributed by atoms with E-state index in [1.165, 1.54) is 0 Å². The first-order valence-electron chi connectivity index (χ1n) is 7.14. The molecule has 0 aliphatic carbocycles. The Morgan fingerprint density at radius 2 is 1.76 bits per heavy atom.